The second-order valence-electron chi connectivity index (χ2n) is 4.82. The van der Waals surface area contributed by atoms with Crippen LogP contribution in [0.5, 0.6) is 0 Å². The average molecular weight is 247 g/mol. The maximum atomic E-state index is 2.63. The molecule has 4 heteroatoms. The van der Waals surface area contributed by atoms with Gasteiger partial charge >= 0.3 is 0 Å². The van der Waals surface area contributed by atoms with E-state index in [4.69, 9.17) is 0 Å². The van der Waals surface area contributed by atoms with E-state index < -0.39 is 0 Å². The highest BCUT2D eigenvalue weighted by Gasteiger charge is 2.29. The van der Waals surface area contributed by atoms with Gasteiger partial charge in [-0.05, 0) is 41.8 Å². The van der Waals surface area contributed by atoms with Gasteiger partial charge in [-0.1, -0.05) is 13.8 Å². The zero-order chi connectivity index (χ0) is 12.9. The van der Waals surface area contributed by atoms with Gasteiger partial charge in [0.2, 0.25) is 0 Å². The fourth-order valence-electron chi connectivity index (χ4n) is 2.09. The van der Waals surface area contributed by atoms with Gasteiger partial charge in [-0.2, -0.15) is 0 Å². The molecule has 0 aromatic heterocycles. The van der Waals surface area contributed by atoms with E-state index in [1.807, 2.05) is 0 Å². The van der Waals surface area contributed by atoms with Gasteiger partial charge in [-0.3, -0.25) is 14.0 Å². The van der Waals surface area contributed by atoms with Crippen molar-refractivity contribution in [1.29, 1.82) is 0 Å². The largest absolute Gasteiger partial charge is 0.263 e. The van der Waals surface area contributed by atoms with Crippen molar-refractivity contribution < 1.29 is 0 Å². The van der Waals surface area contributed by atoms with E-state index in [9.17, 15) is 0 Å². The van der Waals surface area contributed by atoms with Crippen molar-refractivity contribution in [3.8, 4) is 0 Å². The van der Waals surface area contributed by atoms with Gasteiger partial charge in [0.15, 0.2) is 0 Å². The first-order valence-corrected chi connectivity index (χ1v) is 7.57. The van der Waals surface area contributed by atoms with Gasteiger partial charge in [0.05, 0.1) is 0 Å². The third-order valence-electron chi connectivity index (χ3n) is 2.61. The molecule has 0 heterocycles. The van der Waals surface area contributed by atoms with Crippen LogP contribution in [0.15, 0.2) is 0 Å². The summed E-state index contributed by atoms with van der Waals surface area (Å²) >= 11 is 0. The Morgan fingerprint density at radius 1 is 0.875 bits per heavy atom. The lowest BCUT2D eigenvalue weighted by atomic mass is 10.3. The molecule has 98 valence electrons. The lowest BCUT2D eigenvalue weighted by Gasteiger charge is -2.45. The summed E-state index contributed by atoms with van der Waals surface area (Å²) in [6, 6.07) is 1.18. The van der Waals surface area contributed by atoms with Gasteiger partial charge in [0.25, 0.3) is 0 Å². The fraction of sp³-hybridized carbons (Fsp3) is 1.00. The van der Waals surface area contributed by atoms with Crippen molar-refractivity contribution in [1.82, 2.24) is 14.0 Å². The van der Waals surface area contributed by atoms with Gasteiger partial charge < -0.3 is 0 Å². The Morgan fingerprint density at radius 2 is 1.25 bits per heavy atom. The van der Waals surface area contributed by atoms with Crippen molar-refractivity contribution in [2.75, 3.05) is 27.2 Å². The predicted octanol–water partition coefficient (Wildman–Crippen LogP) is 3.24. The molecule has 0 radical (unpaired) electrons. The molecule has 0 aliphatic carbocycles. The molecule has 1 unspecified atom stereocenters. The summed E-state index contributed by atoms with van der Waals surface area (Å²) in [5.74, 6) is 0. The molecule has 0 amide bonds. The normalized spacial score (nSPS) is 14.8. The zero-order valence-corrected chi connectivity index (χ0v) is 13.3. The van der Waals surface area contributed by atoms with Crippen LogP contribution in [0.2, 0.25) is 0 Å². The summed E-state index contributed by atoms with van der Waals surface area (Å²) in [7, 11) is 4.07. The molecule has 0 N–H and O–H groups in total. The van der Waals surface area contributed by atoms with Crippen LogP contribution < -0.4 is 0 Å². The quantitative estimate of drug-likeness (QED) is 0.639. The monoisotopic (exact) mass is 247 g/mol. The second kappa shape index (κ2) is 7.60. The maximum Gasteiger partial charge on any atom is 0.120 e. The number of nitrogens with zero attached hydrogens (tertiary/aromatic N) is 3. The molecule has 1 atom stereocenters. The molecular formula is C12H30N3P. The SMILES string of the molecule is CCN(CC)P(N(C)C)N(C(C)C)C(C)C. The summed E-state index contributed by atoms with van der Waals surface area (Å²) in [5.41, 5.74) is 0. The Bertz CT molecular complexity index is 171. The highest BCUT2D eigenvalue weighted by molar-refractivity contribution is 7.50. The van der Waals surface area contributed by atoms with Crippen LogP contribution in [0.1, 0.15) is 41.5 Å². The van der Waals surface area contributed by atoms with Crippen LogP contribution in [0, 0.1) is 0 Å². The molecule has 0 fully saturated rings. The zero-order valence-electron chi connectivity index (χ0n) is 12.4. The summed E-state index contributed by atoms with van der Waals surface area (Å²) < 4.78 is 7.57. The van der Waals surface area contributed by atoms with E-state index in [2.05, 4.69) is 69.6 Å². The standard InChI is InChI=1S/C12H30N3P/c1-9-14(10-2)16(13(7)8)15(11(3)4)12(5)6/h11-12H,9-10H2,1-8H3. The number of hydrogen-bond donors (Lipinski definition) is 0. The summed E-state index contributed by atoms with van der Waals surface area (Å²) in [5, 5.41) is 0. The van der Waals surface area contributed by atoms with Crippen LogP contribution in [-0.4, -0.2) is 53.3 Å². The Morgan fingerprint density at radius 3 is 1.44 bits per heavy atom. The number of rotatable bonds is 7. The second-order valence-corrected chi connectivity index (χ2v) is 7.19. The van der Waals surface area contributed by atoms with Gasteiger partial charge in [-0.25, -0.2) is 0 Å². The minimum Gasteiger partial charge on any atom is -0.263 e. The molecule has 0 aromatic rings. The minimum atomic E-state index is -0.326. The third kappa shape index (κ3) is 4.29. The predicted molar refractivity (Wildman–Crippen MR) is 75.6 cm³/mol. The van der Waals surface area contributed by atoms with Crippen molar-refractivity contribution in [2.24, 2.45) is 0 Å². The Balaban J connectivity index is 4.98. The lowest BCUT2D eigenvalue weighted by Crippen LogP contribution is -2.41. The van der Waals surface area contributed by atoms with Crippen LogP contribution in [0.25, 0.3) is 0 Å². The van der Waals surface area contributed by atoms with Crippen LogP contribution in [0.3, 0.4) is 0 Å². The van der Waals surface area contributed by atoms with Crippen molar-refractivity contribution in [2.45, 2.75) is 53.6 Å². The first-order valence-electron chi connectivity index (χ1n) is 6.37. The van der Waals surface area contributed by atoms with E-state index in [0.29, 0.717) is 12.1 Å². The van der Waals surface area contributed by atoms with E-state index >= 15 is 0 Å². The molecule has 0 aliphatic rings. The molecule has 0 saturated carbocycles. The van der Waals surface area contributed by atoms with E-state index in [1.165, 1.54) is 0 Å². The summed E-state index contributed by atoms with van der Waals surface area (Å²) in [6.45, 7) is 15.9. The topological polar surface area (TPSA) is 9.72 Å². The van der Waals surface area contributed by atoms with Crippen LogP contribution in [-0.2, 0) is 0 Å². The smallest absolute Gasteiger partial charge is 0.120 e. The van der Waals surface area contributed by atoms with Gasteiger partial charge in [0, 0.05) is 25.2 Å². The molecular weight excluding hydrogens is 217 g/mol. The van der Waals surface area contributed by atoms with Crippen molar-refractivity contribution >= 4 is 8.37 Å². The molecule has 0 aromatic carbocycles. The summed E-state index contributed by atoms with van der Waals surface area (Å²) in [6.07, 6.45) is 0. The molecule has 0 saturated heterocycles. The minimum absolute atomic E-state index is 0.326. The molecule has 0 rings (SSSR count). The Hall–Kier alpha value is 0.310. The molecule has 0 bridgehead atoms. The Labute approximate surface area is 104 Å². The molecule has 16 heavy (non-hydrogen) atoms. The van der Waals surface area contributed by atoms with E-state index in [1.54, 1.807) is 0 Å². The molecule has 0 aliphatic heterocycles. The number of hydrogen-bond acceptors (Lipinski definition) is 3. The van der Waals surface area contributed by atoms with Gasteiger partial charge in [0.1, 0.15) is 8.37 Å². The molecule has 3 nitrogen and oxygen atoms in total. The van der Waals surface area contributed by atoms with Crippen LogP contribution >= 0.6 is 8.37 Å². The highest BCUT2D eigenvalue weighted by Crippen LogP contribution is 2.48. The van der Waals surface area contributed by atoms with E-state index in [-0.39, 0.29) is 8.37 Å². The van der Waals surface area contributed by atoms with E-state index in [0.717, 1.165) is 13.1 Å². The molecule has 0 spiro atoms. The summed E-state index contributed by atoms with van der Waals surface area (Å²) in [4.78, 5) is 0. The first-order chi connectivity index (χ1) is 7.36. The lowest BCUT2D eigenvalue weighted by molar-refractivity contribution is 0.277. The van der Waals surface area contributed by atoms with Gasteiger partial charge in [-0.15, -0.1) is 0 Å². The third-order valence-corrected chi connectivity index (χ3v) is 5.73. The highest BCUT2D eigenvalue weighted by atomic mass is 31.2. The Kier molecular flexibility index (Phi) is 7.75. The fourth-order valence-corrected chi connectivity index (χ4v) is 4.63. The average Bonchev–Trinajstić information content (AvgIpc) is 2.16. The van der Waals surface area contributed by atoms with Crippen molar-refractivity contribution in [3.63, 3.8) is 0 Å². The first kappa shape index (κ1) is 16.3. The van der Waals surface area contributed by atoms with Crippen molar-refractivity contribution in [3.05, 3.63) is 0 Å². The maximum absolute atomic E-state index is 2.63. The van der Waals surface area contributed by atoms with Crippen LogP contribution in [0.4, 0.5) is 0 Å².